The molecule has 2 amide bonds. The summed E-state index contributed by atoms with van der Waals surface area (Å²) in [5, 5.41) is 0. The lowest BCUT2D eigenvalue weighted by molar-refractivity contribution is -0.149. The number of rotatable bonds is 3. The van der Waals surface area contributed by atoms with E-state index in [2.05, 4.69) is 9.80 Å². The number of piperidine rings is 3. The van der Waals surface area contributed by atoms with Crippen molar-refractivity contribution in [2.45, 2.75) is 82.8 Å². The van der Waals surface area contributed by atoms with Gasteiger partial charge in [-0.2, -0.15) is 0 Å². The van der Waals surface area contributed by atoms with Crippen molar-refractivity contribution in [2.75, 3.05) is 45.9 Å². The summed E-state index contributed by atoms with van der Waals surface area (Å²) in [7, 11) is 0. The van der Waals surface area contributed by atoms with Gasteiger partial charge in [-0.15, -0.1) is 0 Å². The topological polar surface area (TPSA) is 53.1 Å². The fourth-order valence-electron chi connectivity index (χ4n) is 6.02. The van der Waals surface area contributed by atoms with Crippen molar-refractivity contribution in [1.29, 1.82) is 0 Å². The molecule has 29 heavy (non-hydrogen) atoms. The number of carbonyl (C=O) groups excluding carboxylic acids is 2. The van der Waals surface area contributed by atoms with Gasteiger partial charge in [0, 0.05) is 52.2 Å². The molecule has 164 valence electrons. The Labute approximate surface area is 175 Å². The van der Waals surface area contributed by atoms with Crippen LogP contribution in [0.3, 0.4) is 0 Å². The van der Waals surface area contributed by atoms with Crippen molar-refractivity contribution < 1.29 is 14.3 Å². The summed E-state index contributed by atoms with van der Waals surface area (Å²) in [6.07, 6.45) is 10.8. The van der Waals surface area contributed by atoms with Crippen LogP contribution in [0.4, 0.5) is 0 Å². The highest BCUT2D eigenvalue weighted by Gasteiger charge is 2.41. The van der Waals surface area contributed by atoms with Crippen molar-refractivity contribution in [3.8, 4) is 0 Å². The second kappa shape index (κ2) is 9.34. The largest absolute Gasteiger partial charge is 0.375 e. The second-order valence-corrected chi connectivity index (χ2v) is 9.81. The van der Waals surface area contributed by atoms with Gasteiger partial charge in [0.25, 0.3) is 0 Å². The lowest BCUT2D eigenvalue weighted by Gasteiger charge is -2.46. The van der Waals surface area contributed by atoms with Crippen LogP contribution in [0.25, 0.3) is 0 Å². The molecule has 0 N–H and O–H groups in total. The number of nitrogens with zero attached hydrogens (tertiary/aromatic N) is 3. The van der Waals surface area contributed by atoms with Crippen molar-refractivity contribution in [1.82, 2.24) is 14.7 Å². The Morgan fingerprint density at radius 2 is 1.59 bits per heavy atom. The van der Waals surface area contributed by atoms with Gasteiger partial charge in [-0.05, 0) is 70.4 Å². The molecule has 0 bridgehead atoms. The van der Waals surface area contributed by atoms with E-state index in [1.54, 1.807) is 6.92 Å². The molecule has 4 heterocycles. The van der Waals surface area contributed by atoms with Crippen LogP contribution in [0.1, 0.15) is 71.1 Å². The van der Waals surface area contributed by atoms with E-state index in [0.717, 1.165) is 71.3 Å². The van der Waals surface area contributed by atoms with Gasteiger partial charge in [0.1, 0.15) is 0 Å². The highest BCUT2D eigenvalue weighted by atomic mass is 16.5. The third kappa shape index (κ3) is 5.13. The van der Waals surface area contributed by atoms with Crippen molar-refractivity contribution in [3.63, 3.8) is 0 Å². The Kier molecular flexibility index (Phi) is 6.80. The van der Waals surface area contributed by atoms with Gasteiger partial charge in [0.15, 0.2) is 0 Å². The van der Waals surface area contributed by atoms with Crippen LogP contribution in [-0.4, -0.2) is 84.0 Å². The van der Waals surface area contributed by atoms with Crippen LogP contribution >= 0.6 is 0 Å². The molecule has 1 spiro atoms. The van der Waals surface area contributed by atoms with E-state index in [1.165, 1.54) is 32.4 Å². The van der Waals surface area contributed by atoms with Gasteiger partial charge in [-0.1, -0.05) is 6.42 Å². The Morgan fingerprint density at radius 3 is 2.24 bits per heavy atom. The summed E-state index contributed by atoms with van der Waals surface area (Å²) in [5.41, 5.74) is -0.101. The van der Waals surface area contributed by atoms with Crippen molar-refractivity contribution in [3.05, 3.63) is 0 Å². The van der Waals surface area contributed by atoms with Gasteiger partial charge in [0.2, 0.25) is 11.8 Å². The van der Waals surface area contributed by atoms with E-state index in [9.17, 15) is 9.59 Å². The van der Waals surface area contributed by atoms with E-state index in [1.807, 2.05) is 4.90 Å². The lowest BCUT2D eigenvalue weighted by atomic mass is 9.78. The summed E-state index contributed by atoms with van der Waals surface area (Å²) in [4.78, 5) is 31.3. The Morgan fingerprint density at radius 1 is 0.897 bits per heavy atom. The summed E-state index contributed by atoms with van der Waals surface area (Å²) in [6, 6.07) is 0.692. The average molecular weight is 406 g/mol. The van der Waals surface area contributed by atoms with Gasteiger partial charge in [-0.25, -0.2) is 0 Å². The third-order valence-corrected chi connectivity index (χ3v) is 7.90. The van der Waals surface area contributed by atoms with E-state index in [-0.39, 0.29) is 11.5 Å². The predicted molar refractivity (Wildman–Crippen MR) is 113 cm³/mol. The number of carbonyl (C=O) groups is 2. The highest BCUT2D eigenvalue weighted by molar-refractivity contribution is 5.76. The molecule has 0 saturated carbocycles. The second-order valence-electron chi connectivity index (χ2n) is 9.81. The zero-order valence-electron chi connectivity index (χ0n) is 18.2. The molecule has 4 rings (SSSR count). The SMILES string of the molecule is CC(=O)N1CCC2(CC1)CC(CC(=O)N1CCC(N3CCCCC3)CC1)CCO2. The Balaban J connectivity index is 1.23. The third-order valence-electron chi connectivity index (χ3n) is 7.90. The number of ether oxygens (including phenoxy) is 1. The first-order valence-corrected chi connectivity index (χ1v) is 12.0. The van der Waals surface area contributed by atoms with E-state index in [0.29, 0.717) is 24.3 Å². The molecular formula is C23H39N3O3. The zero-order valence-corrected chi connectivity index (χ0v) is 18.2. The minimum Gasteiger partial charge on any atom is -0.375 e. The smallest absolute Gasteiger partial charge is 0.222 e. The summed E-state index contributed by atoms with van der Waals surface area (Å²) < 4.78 is 6.20. The average Bonchev–Trinajstić information content (AvgIpc) is 2.75. The fraction of sp³-hybridized carbons (Fsp3) is 0.913. The van der Waals surface area contributed by atoms with E-state index >= 15 is 0 Å². The van der Waals surface area contributed by atoms with Crippen molar-refractivity contribution in [2.24, 2.45) is 5.92 Å². The summed E-state index contributed by atoms with van der Waals surface area (Å²) in [6.45, 7) is 8.36. The van der Waals surface area contributed by atoms with Crippen LogP contribution in [-0.2, 0) is 14.3 Å². The maximum atomic E-state index is 13.0. The first-order chi connectivity index (χ1) is 14.0. The minimum atomic E-state index is -0.101. The normalized spacial score (nSPS) is 29.2. The van der Waals surface area contributed by atoms with Crippen LogP contribution in [0.2, 0.25) is 0 Å². The monoisotopic (exact) mass is 405 g/mol. The van der Waals surface area contributed by atoms with Crippen LogP contribution in [0.5, 0.6) is 0 Å². The molecule has 4 aliphatic heterocycles. The molecule has 0 radical (unpaired) electrons. The van der Waals surface area contributed by atoms with Gasteiger partial charge in [0.05, 0.1) is 5.60 Å². The van der Waals surface area contributed by atoms with Crippen molar-refractivity contribution >= 4 is 11.8 Å². The molecule has 1 atom stereocenters. The molecule has 1 unspecified atom stereocenters. The molecule has 0 aromatic heterocycles. The Bertz CT molecular complexity index is 574. The zero-order chi connectivity index (χ0) is 20.3. The summed E-state index contributed by atoms with van der Waals surface area (Å²) >= 11 is 0. The lowest BCUT2D eigenvalue weighted by Crippen LogP contribution is -2.51. The summed E-state index contributed by atoms with van der Waals surface area (Å²) in [5.74, 6) is 0.945. The molecule has 4 fully saturated rings. The van der Waals surface area contributed by atoms with Gasteiger partial charge < -0.3 is 19.4 Å². The molecule has 0 aromatic rings. The maximum absolute atomic E-state index is 13.0. The van der Waals surface area contributed by atoms with Crippen LogP contribution < -0.4 is 0 Å². The van der Waals surface area contributed by atoms with Crippen LogP contribution in [0, 0.1) is 5.92 Å². The molecule has 0 aromatic carbocycles. The standard InChI is InChI=1S/C23H39N3O3/c1-19(27)24-14-8-23(9-15-24)18-20(7-16-29-23)17-22(28)26-12-5-21(6-13-26)25-10-3-2-4-11-25/h20-21H,2-18H2,1H3. The maximum Gasteiger partial charge on any atom is 0.222 e. The van der Waals surface area contributed by atoms with E-state index < -0.39 is 0 Å². The highest BCUT2D eigenvalue weighted by Crippen LogP contribution is 2.39. The molecule has 6 nitrogen and oxygen atoms in total. The Hall–Kier alpha value is -1.14. The first-order valence-electron chi connectivity index (χ1n) is 12.0. The number of amides is 2. The number of hydrogen-bond acceptors (Lipinski definition) is 4. The number of hydrogen-bond donors (Lipinski definition) is 0. The van der Waals surface area contributed by atoms with Gasteiger partial charge >= 0.3 is 0 Å². The fourth-order valence-corrected chi connectivity index (χ4v) is 6.02. The predicted octanol–water partition coefficient (Wildman–Crippen LogP) is 2.66. The number of likely N-dealkylation sites (tertiary alicyclic amines) is 3. The molecule has 4 aliphatic rings. The molecular weight excluding hydrogens is 366 g/mol. The minimum absolute atomic E-state index is 0.101. The first kappa shape index (κ1) is 21.1. The molecule has 0 aliphatic carbocycles. The van der Waals surface area contributed by atoms with Crippen LogP contribution in [0.15, 0.2) is 0 Å². The van der Waals surface area contributed by atoms with E-state index in [4.69, 9.17) is 4.74 Å². The molecule has 6 heteroatoms. The van der Waals surface area contributed by atoms with Gasteiger partial charge in [-0.3, -0.25) is 9.59 Å². The molecule has 4 saturated heterocycles. The quantitative estimate of drug-likeness (QED) is 0.724.